The molecule has 5 heavy (non-hydrogen) atoms. The third kappa shape index (κ3) is 19.9. The third-order valence-electron chi connectivity index (χ3n) is 0. The number of hydrogen-bond acceptors (Lipinski definition) is 0. The van der Waals surface area contributed by atoms with Gasteiger partial charge in [-0.25, -0.2) is 0 Å². The molecule has 0 aliphatic carbocycles. The minimum atomic E-state index is -0.389. The number of hydrogen-bond donors (Lipinski definition) is 0. The van der Waals surface area contributed by atoms with E-state index in [0.717, 1.165) is 0 Å². The van der Waals surface area contributed by atoms with Crippen LogP contribution in [0.15, 0.2) is 0 Å². The molecule has 0 unspecified atom stereocenters. The second kappa shape index (κ2) is 2.97. The molecule has 0 aromatic rings. The monoisotopic (exact) mass is 59.0 g/mol. The summed E-state index contributed by atoms with van der Waals surface area (Å²) in [6.45, 7) is 0. The fourth-order valence-corrected chi connectivity index (χ4v) is 0. The molecule has 0 nitrogen and oxygen atoms in total. The summed E-state index contributed by atoms with van der Waals surface area (Å²) >= 11 is 9.19. The van der Waals surface area contributed by atoms with E-state index in [1.807, 2.05) is 0 Å². The maximum atomic E-state index is 2.30. The van der Waals surface area contributed by atoms with Crippen LogP contribution in [0.25, 0.3) is 0 Å². The molecule has 0 aliphatic heterocycles. The van der Waals surface area contributed by atoms with Crippen LogP contribution in [0.2, 0.25) is 0 Å². The summed E-state index contributed by atoms with van der Waals surface area (Å²) in [4.78, 5) is 0. The Bertz CT molecular complexity index is 19.1. The molecule has 0 rings (SSSR count). The molecule has 8 valence electrons. The Balaban J connectivity index is 3.02. The van der Waals surface area contributed by atoms with Crippen LogP contribution in [0, 0.1) is 0 Å². The van der Waals surface area contributed by atoms with Crippen molar-refractivity contribution in [3.05, 3.63) is 0 Å². The Morgan fingerprint density at radius 2 is 0.800 bits per heavy atom. The van der Waals surface area contributed by atoms with Gasteiger partial charge in [-0.3, -0.25) is 0 Å². The summed E-state index contributed by atoms with van der Waals surface area (Å²) in [5.74, 6) is 0. The summed E-state index contributed by atoms with van der Waals surface area (Å²) in [5.41, 5.74) is 0. The summed E-state index contributed by atoms with van der Waals surface area (Å²) in [6.07, 6.45) is 0. The van der Waals surface area contributed by atoms with Crippen molar-refractivity contribution < 1.29 is 0 Å². The van der Waals surface area contributed by atoms with Gasteiger partial charge in [-0.1, -0.05) is 0 Å². The molecule has 0 saturated heterocycles. The molecular weight excluding hydrogens is 58.7 g/mol. The van der Waals surface area contributed by atoms with Crippen LogP contribution >= 0.6 is 0.960 Å². The molecule has 5 heteroatoms. The average molecular weight is 58.7 g/mol. The first-order valence-electron chi connectivity index (χ1n) is 1.79. The van der Waals surface area contributed by atoms with Crippen LogP contribution in [0.3, 0.4) is 0 Å². The first-order valence-corrected chi connectivity index (χ1v) is 5.37. The van der Waals surface area contributed by atoms with Crippen molar-refractivity contribution in [1.82, 2.24) is 0 Å². The molecule has 0 aromatic carbocycles. The maximum absolute atomic E-state index is 2.30. The van der Waals surface area contributed by atoms with Crippen LogP contribution in [-0.4, -0.2) is 69.0 Å². The second-order valence-corrected chi connectivity index (χ2v) is 8.05. The van der Waals surface area contributed by atoms with E-state index < -0.39 is 0 Å². The Morgan fingerprint density at radius 3 is 0.800 bits per heavy atom. The van der Waals surface area contributed by atoms with Crippen molar-refractivity contribution in [2.24, 2.45) is 0 Å². The summed E-state index contributed by atoms with van der Waals surface area (Å²) < 4.78 is -0.389. The molecule has 0 heterocycles. The van der Waals surface area contributed by atoms with Gasteiger partial charge in [0.1, 0.15) is 0 Å². The Hall–Kier alpha value is 2.82. The quantitative estimate of drug-likeness (QED) is 0.256. The van der Waals surface area contributed by atoms with Gasteiger partial charge in [0.25, 0.3) is 0 Å². The molecule has 0 amide bonds. The van der Waals surface area contributed by atoms with Gasteiger partial charge in [-0.05, 0) is 0 Å². The van der Waals surface area contributed by atoms with E-state index in [4.69, 9.17) is 0 Å². The molecule has 0 fully saturated rings. The zero-order valence-corrected chi connectivity index (χ0v) is 5.34. The third-order valence-corrected chi connectivity index (χ3v) is 0. The van der Waals surface area contributed by atoms with Crippen LogP contribution < -0.4 is 0 Å². The van der Waals surface area contributed by atoms with Gasteiger partial charge in [-0.2, -0.15) is 0 Å². The van der Waals surface area contributed by atoms with Crippen LogP contribution in [0.1, 0.15) is 0 Å². The van der Waals surface area contributed by atoms with Gasteiger partial charge in [0, 0.05) is 0 Å². The van der Waals surface area contributed by atoms with Crippen molar-refractivity contribution in [2.45, 2.75) is 0 Å². The van der Waals surface area contributed by atoms with Gasteiger partial charge in [0.15, 0.2) is 0 Å². The molecule has 0 aromatic heterocycles. The van der Waals surface area contributed by atoms with Crippen molar-refractivity contribution in [2.75, 3.05) is 0 Å². The van der Waals surface area contributed by atoms with Crippen molar-refractivity contribution in [3.63, 3.8) is 0 Å². The number of rotatable bonds is 0. The fourth-order valence-electron chi connectivity index (χ4n) is 0. The zero-order chi connectivity index (χ0) is 4.50. The Kier molecular flexibility index (Phi) is 4.64. The van der Waals surface area contributed by atoms with Crippen LogP contribution in [0.5, 0.6) is 0 Å². The fraction of sp³-hybridized carbons (Fsp3) is 0. The van der Waals surface area contributed by atoms with Gasteiger partial charge >= 0.3 is 69.9 Å². The predicted octanol–water partition coefficient (Wildman–Crippen LogP) is -0.662. The summed E-state index contributed by atoms with van der Waals surface area (Å²) in [7, 11) is 0. The molecule has 0 radical (unpaired) electrons. The van der Waals surface area contributed by atoms with Gasteiger partial charge in [-0.15, -0.1) is 0 Å². The molecule has 0 saturated carbocycles. The molecule has 0 aliphatic rings. The molecular formula is Li4P+. The molecule has 0 bridgehead atoms. The standard InChI is InChI=1S/4Li.P/q;;;;+1. The Morgan fingerprint density at radius 1 is 0.800 bits per heavy atom. The van der Waals surface area contributed by atoms with E-state index in [1.54, 1.807) is 0 Å². The minimum absolute atomic E-state index is 0.389. The Labute approximate surface area is 68.9 Å². The van der Waals surface area contributed by atoms with E-state index in [0.29, 0.717) is 0 Å². The van der Waals surface area contributed by atoms with E-state index >= 15 is 0 Å². The van der Waals surface area contributed by atoms with Gasteiger partial charge in [0.2, 0.25) is 0 Å². The SMILES string of the molecule is [Li][P+]([Li])([Li])[Li]. The normalized spacial score (nSPS) is 12.8. The van der Waals surface area contributed by atoms with E-state index in [9.17, 15) is 0 Å². The first-order chi connectivity index (χ1) is 2.00. The second-order valence-electron chi connectivity index (χ2n) is 2.68. The topological polar surface area (TPSA) is 0 Å². The van der Waals surface area contributed by atoms with E-state index in [-0.39, 0.29) is 0.960 Å². The first kappa shape index (κ1) is 7.82. The van der Waals surface area contributed by atoms with Crippen LogP contribution in [0.4, 0.5) is 0 Å². The zero-order valence-electron chi connectivity index (χ0n) is 4.45. The summed E-state index contributed by atoms with van der Waals surface area (Å²) in [5, 5.41) is 0. The summed E-state index contributed by atoms with van der Waals surface area (Å²) in [6, 6.07) is 0. The average Bonchev–Trinajstić information content (AvgIpc) is 0.722. The van der Waals surface area contributed by atoms with E-state index in [2.05, 4.69) is 69.0 Å². The van der Waals surface area contributed by atoms with Crippen molar-refractivity contribution in [1.29, 1.82) is 0 Å². The van der Waals surface area contributed by atoms with Gasteiger partial charge < -0.3 is 0 Å². The molecule has 0 spiro atoms. The molecule has 0 N–H and O–H groups in total. The van der Waals surface area contributed by atoms with Crippen molar-refractivity contribution in [3.8, 4) is 0 Å². The predicted molar refractivity (Wildman–Crippen MR) is 29.9 cm³/mol. The van der Waals surface area contributed by atoms with Crippen LogP contribution in [-0.2, 0) is 0 Å². The van der Waals surface area contributed by atoms with E-state index in [1.165, 1.54) is 0 Å². The van der Waals surface area contributed by atoms with Gasteiger partial charge in [0.05, 0.1) is 0 Å². The molecule has 0 atom stereocenters. The van der Waals surface area contributed by atoms with Crippen molar-refractivity contribution >= 4 is 69.9 Å².